The number of aromatic nitrogens is 1. The Morgan fingerprint density at radius 2 is 2.05 bits per heavy atom. The molecule has 110 valence electrons. The molecule has 0 saturated heterocycles. The monoisotopic (exact) mass is 284 g/mol. The molecule has 0 amide bonds. The molecule has 0 aliphatic rings. The summed E-state index contributed by atoms with van der Waals surface area (Å²) in [6.07, 6.45) is 2.11. The normalized spacial score (nSPS) is 13.8. The minimum atomic E-state index is 0.288. The predicted octanol–water partition coefficient (Wildman–Crippen LogP) is 3.73. The Balaban J connectivity index is 2.81. The average Bonchev–Trinajstić information content (AvgIpc) is 2.68. The summed E-state index contributed by atoms with van der Waals surface area (Å²) >= 11 is 1.83. The molecule has 3 nitrogen and oxygen atoms in total. The third kappa shape index (κ3) is 5.59. The molecule has 4 heteroatoms. The van der Waals surface area contributed by atoms with E-state index in [2.05, 4.69) is 39.9 Å². The molecule has 1 unspecified atom stereocenters. The minimum Gasteiger partial charge on any atom is -0.383 e. The second-order valence-electron chi connectivity index (χ2n) is 6.17. The number of thiazole rings is 1. The number of aryl methyl sites for hydroxylation is 2. The van der Waals surface area contributed by atoms with Crippen LogP contribution >= 0.6 is 11.3 Å². The van der Waals surface area contributed by atoms with Gasteiger partial charge in [-0.2, -0.15) is 0 Å². The second kappa shape index (κ2) is 7.36. The largest absolute Gasteiger partial charge is 0.383 e. The lowest BCUT2D eigenvalue weighted by molar-refractivity contribution is 0.190. The van der Waals surface area contributed by atoms with Crippen molar-refractivity contribution < 1.29 is 4.74 Å². The zero-order valence-electron chi connectivity index (χ0n) is 13.2. The summed E-state index contributed by atoms with van der Waals surface area (Å²) in [4.78, 5) is 6.16. The molecule has 0 saturated carbocycles. The van der Waals surface area contributed by atoms with Gasteiger partial charge in [0, 0.05) is 18.5 Å². The van der Waals surface area contributed by atoms with Crippen molar-refractivity contribution in [1.82, 2.24) is 10.3 Å². The highest BCUT2D eigenvalue weighted by Gasteiger charge is 2.23. The van der Waals surface area contributed by atoms with Crippen LogP contribution in [0.25, 0.3) is 0 Å². The van der Waals surface area contributed by atoms with Crippen LogP contribution < -0.4 is 5.32 Å². The number of hydrogen-bond donors (Lipinski definition) is 1. The Morgan fingerprint density at radius 1 is 1.37 bits per heavy atom. The molecule has 0 aromatic carbocycles. The Morgan fingerprint density at radius 3 is 2.53 bits per heavy atom. The average molecular weight is 284 g/mol. The highest BCUT2D eigenvalue weighted by Crippen LogP contribution is 2.32. The summed E-state index contributed by atoms with van der Waals surface area (Å²) < 4.78 is 5.13. The molecule has 0 radical (unpaired) electrons. The minimum absolute atomic E-state index is 0.288. The van der Waals surface area contributed by atoms with Crippen LogP contribution in [0, 0.1) is 12.3 Å². The smallest absolute Gasteiger partial charge is 0.110 e. The first-order valence-corrected chi connectivity index (χ1v) is 7.87. The number of hydrogen-bond acceptors (Lipinski definition) is 4. The zero-order chi connectivity index (χ0) is 14.5. The summed E-state index contributed by atoms with van der Waals surface area (Å²) in [6.45, 7) is 12.8. The Bertz CT molecular complexity index is 382. The van der Waals surface area contributed by atoms with E-state index in [0.29, 0.717) is 6.04 Å². The van der Waals surface area contributed by atoms with Gasteiger partial charge in [0.15, 0.2) is 0 Å². The summed E-state index contributed by atoms with van der Waals surface area (Å²) in [7, 11) is 1.74. The van der Waals surface area contributed by atoms with Gasteiger partial charge in [0.05, 0.1) is 18.3 Å². The Hall–Kier alpha value is -0.450. The summed E-state index contributed by atoms with van der Waals surface area (Å²) in [5.74, 6) is 0. The molecule has 1 heterocycles. The highest BCUT2D eigenvalue weighted by molar-refractivity contribution is 7.11. The molecule has 1 aromatic rings. The van der Waals surface area contributed by atoms with Crippen LogP contribution in [0.15, 0.2) is 0 Å². The molecule has 0 spiro atoms. The van der Waals surface area contributed by atoms with Gasteiger partial charge in [-0.3, -0.25) is 0 Å². The molecule has 0 bridgehead atoms. The van der Waals surface area contributed by atoms with Gasteiger partial charge in [-0.1, -0.05) is 27.7 Å². The molecular weight excluding hydrogens is 256 g/mol. The Kier molecular flexibility index (Phi) is 6.43. The van der Waals surface area contributed by atoms with Crippen LogP contribution in [0.2, 0.25) is 0 Å². The van der Waals surface area contributed by atoms with Crippen molar-refractivity contribution in [2.24, 2.45) is 5.41 Å². The molecule has 0 fully saturated rings. The van der Waals surface area contributed by atoms with Crippen molar-refractivity contribution in [3.05, 3.63) is 15.6 Å². The third-order valence-corrected chi connectivity index (χ3v) is 4.18. The molecule has 1 rings (SSSR count). The molecule has 1 aromatic heterocycles. The lowest BCUT2D eigenvalue weighted by Crippen LogP contribution is -2.28. The lowest BCUT2D eigenvalue weighted by atomic mass is 9.88. The van der Waals surface area contributed by atoms with Crippen LogP contribution in [0.1, 0.15) is 55.7 Å². The molecule has 1 N–H and O–H groups in total. The predicted molar refractivity (Wildman–Crippen MR) is 82.9 cm³/mol. The van der Waals surface area contributed by atoms with Gasteiger partial charge >= 0.3 is 0 Å². The first kappa shape index (κ1) is 16.6. The van der Waals surface area contributed by atoms with E-state index in [4.69, 9.17) is 9.72 Å². The standard InChI is InChI=1S/C15H28N2OS/c1-7-12-11(2)19-14(17-12)13(10-15(3,4)5)16-8-9-18-6/h13,16H,7-10H2,1-6H3. The third-order valence-electron chi connectivity index (χ3n) is 3.06. The second-order valence-corrected chi connectivity index (χ2v) is 7.41. The molecular formula is C15H28N2OS. The number of nitrogens with one attached hydrogen (secondary N) is 1. The molecule has 0 aliphatic carbocycles. The molecule has 0 aliphatic heterocycles. The summed E-state index contributed by atoms with van der Waals surface area (Å²) in [6, 6.07) is 0.333. The fourth-order valence-corrected chi connectivity index (χ4v) is 3.21. The van der Waals surface area contributed by atoms with Crippen LogP contribution in [0.5, 0.6) is 0 Å². The van der Waals surface area contributed by atoms with Crippen molar-refractivity contribution in [3.63, 3.8) is 0 Å². The van der Waals surface area contributed by atoms with Crippen molar-refractivity contribution in [1.29, 1.82) is 0 Å². The van der Waals surface area contributed by atoms with Crippen molar-refractivity contribution >= 4 is 11.3 Å². The zero-order valence-corrected chi connectivity index (χ0v) is 14.0. The first-order chi connectivity index (χ1) is 8.87. The maximum atomic E-state index is 5.13. The SMILES string of the molecule is CCc1nc(C(CC(C)(C)C)NCCOC)sc1C. The number of nitrogens with zero attached hydrogens (tertiary/aromatic N) is 1. The van der Waals surface area contributed by atoms with E-state index in [1.165, 1.54) is 15.6 Å². The van der Waals surface area contributed by atoms with Crippen LogP contribution in [-0.2, 0) is 11.2 Å². The van der Waals surface area contributed by atoms with Crippen LogP contribution in [0.3, 0.4) is 0 Å². The van der Waals surface area contributed by atoms with Gasteiger partial charge in [0.25, 0.3) is 0 Å². The van der Waals surface area contributed by atoms with Gasteiger partial charge in [-0.15, -0.1) is 11.3 Å². The first-order valence-electron chi connectivity index (χ1n) is 7.06. The van der Waals surface area contributed by atoms with E-state index >= 15 is 0 Å². The van der Waals surface area contributed by atoms with E-state index in [1.54, 1.807) is 7.11 Å². The summed E-state index contributed by atoms with van der Waals surface area (Å²) in [5.41, 5.74) is 1.53. The van der Waals surface area contributed by atoms with E-state index in [9.17, 15) is 0 Å². The number of ether oxygens (including phenoxy) is 1. The molecule has 19 heavy (non-hydrogen) atoms. The fourth-order valence-electron chi connectivity index (χ4n) is 2.12. The highest BCUT2D eigenvalue weighted by atomic mass is 32.1. The maximum Gasteiger partial charge on any atom is 0.110 e. The lowest BCUT2D eigenvalue weighted by Gasteiger charge is -2.25. The summed E-state index contributed by atoms with van der Waals surface area (Å²) in [5, 5.41) is 4.80. The quantitative estimate of drug-likeness (QED) is 0.775. The maximum absolute atomic E-state index is 5.13. The van der Waals surface area contributed by atoms with Crippen LogP contribution in [0.4, 0.5) is 0 Å². The number of methoxy groups -OCH3 is 1. The molecule has 1 atom stereocenters. The van der Waals surface area contributed by atoms with Gasteiger partial charge in [-0.25, -0.2) is 4.98 Å². The number of rotatable bonds is 7. The van der Waals surface area contributed by atoms with Gasteiger partial charge in [0.1, 0.15) is 5.01 Å². The topological polar surface area (TPSA) is 34.2 Å². The van der Waals surface area contributed by atoms with E-state index < -0.39 is 0 Å². The van der Waals surface area contributed by atoms with Gasteiger partial charge in [-0.05, 0) is 25.2 Å². The van der Waals surface area contributed by atoms with E-state index in [0.717, 1.165) is 26.0 Å². The van der Waals surface area contributed by atoms with Gasteiger partial charge < -0.3 is 10.1 Å². The van der Waals surface area contributed by atoms with Crippen molar-refractivity contribution in [2.75, 3.05) is 20.3 Å². The Labute approximate surface area is 121 Å². The fraction of sp³-hybridized carbons (Fsp3) is 0.800. The van der Waals surface area contributed by atoms with Gasteiger partial charge in [0.2, 0.25) is 0 Å². The van der Waals surface area contributed by atoms with Crippen LogP contribution in [-0.4, -0.2) is 25.2 Å². The van der Waals surface area contributed by atoms with E-state index in [-0.39, 0.29) is 5.41 Å². The van der Waals surface area contributed by atoms with Crippen molar-refractivity contribution in [3.8, 4) is 0 Å². The van der Waals surface area contributed by atoms with Crippen molar-refractivity contribution in [2.45, 2.75) is 53.5 Å². The van der Waals surface area contributed by atoms with E-state index in [1.807, 2.05) is 11.3 Å².